The number of carbonyl (C=O) groups is 1. The number of rotatable bonds is 4. The molecule has 1 N–H and O–H groups in total. The summed E-state index contributed by atoms with van der Waals surface area (Å²) in [5.41, 5.74) is 1.56. The third-order valence-electron chi connectivity index (χ3n) is 2.17. The van der Waals surface area contributed by atoms with Crippen molar-refractivity contribution in [3.8, 4) is 11.5 Å². The lowest BCUT2D eigenvalue weighted by molar-refractivity contribution is -0.136. The molecule has 2 aromatic rings. The van der Waals surface area contributed by atoms with E-state index in [0.29, 0.717) is 18.0 Å². The maximum absolute atomic E-state index is 10.4. The van der Waals surface area contributed by atoms with Gasteiger partial charge in [0.25, 0.3) is 0 Å². The summed E-state index contributed by atoms with van der Waals surface area (Å²) in [6.45, 7) is 0. The SMILES string of the molecule is O=C(O)CCc1coc(-c2ccccc2)n1. The van der Waals surface area contributed by atoms with Crippen LogP contribution in [0.5, 0.6) is 0 Å². The van der Waals surface area contributed by atoms with Crippen molar-refractivity contribution in [2.75, 3.05) is 0 Å². The van der Waals surface area contributed by atoms with Crippen molar-refractivity contribution >= 4 is 5.97 Å². The fraction of sp³-hybridized carbons (Fsp3) is 0.167. The quantitative estimate of drug-likeness (QED) is 0.853. The smallest absolute Gasteiger partial charge is 0.303 e. The fourth-order valence-electron chi connectivity index (χ4n) is 1.37. The monoisotopic (exact) mass is 217 g/mol. The Morgan fingerprint density at radius 3 is 2.75 bits per heavy atom. The molecule has 0 fully saturated rings. The van der Waals surface area contributed by atoms with Gasteiger partial charge < -0.3 is 9.52 Å². The Kier molecular flexibility index (Phi) is 3.00. The van der Waals surface area contributed by atoms with Gasteiger partial charge in [-0.1, -0.05) is 18.2 Å². The fourth-order valence-corrected chi connectivity index (χ4v) is 1.37. The first-order valence-electron chi connectivity index (χ1n) is 4.97. The van der Waals surface area contributed by atoms with E-state index in [0.717, 1.165) is 5.56 Å². The standard InChI is InChI=1S/C12H11NO3/c14-11(15)7-6-10-8-16-12(13-10)9-4-2-1-3-5-9/h1-5,8H,6-7H2,(H,14,15). The van der Waals surface area contributed by atoms with Crippen LogP contribution in [0.3, 0.4) is 0 Å². The second-order valence-corrected chi connectivity index (χ2v) is 3.40. The van der Waals surface area contributed by atoms with Crippen LogP contribution in [0.1, 0.15) is 12.1 Å². The van der Waals surface area contributed by atoms with E-state index >= 15 is 0 Å². The lowest BCUT2D eigenvalue weighted by Gasteiger charge is -1.92. The first-order chi connectivity index (χ1) is 7.75. The predicted molar refractivity (Wildman–Crippen MR) is 57.9 cm³/mol. The number of aromatic nitrogens is 1. The molecule has 0 aliphatic carbocycles. The molecule has 0 saturated carbocycles. The number of aliphatic carboxylic acids is 1. The summed E-state index contributed by atoms with van der Waals surface area (Å²) in [5, 5.41) is 8.54. The van der Waals surface area contributed by atoms with E-state index in [4.69, 9.17) is 9.52 Å². The highest BCUT2D eigenvalue weighted by atomic mass is 16.4. The van der Waals surface area contributed by atoms with Crippen LogP contribution in [0.4, 0.5) is 0 Å². The van der Waals surface area contributed by atoms with Gasteiger partial charge >= 0.3 is 5.97 Å². The molecular formula is C12H11NO3. The zero-order chi connectivity index (χ0) is 11.4. The number of carboxylic acids is 1. The highest BCUT2D eigenvalue weighted by Gasteiger charge is 2.07. The van der Waals surface area contributed by atoms with Crippen molar-refractivity contribution in [3.05, 3.63) is 42.3 Å². The Balaban J connectivity index is 2.11. The molecular weight excluding hydrogens is 206 g/mol. The largest absolute Gasteiger partial charge is 0.481 e. The van der Waals surface area contributed by atoms with Crippen LogP contribution < -0.4 is 0 Å². The van der Waals surface area contributed by atoms with E-state index in [1.807, 2.05) is 30.3 Å². The second-order valence-electron chi connectivity index (χ2n) is 3.40. The van der Waals surface area contributed by atoms with Gasteiger partial charge in [-0.3, -0.25) is 4.79 Å². The van der Waals surface area contributed by atoms with E-state index in [9.17, 15) is 4.79 Å². The van der Waals surface area contributed by atoms with Crippen LogP contribution in [0.15, 0.2) is 41.0 Å². The number of benzene rings is 1. The Morgan fingerprint density at radius 2 is 2.06 bits per heavy atom. The zero-order valence-corrected chi connectivity index (χ0v) is 8.59. The van der Waals surface area contributed by atoms with Crippen molar-refractivity contribution in [2.24, 2.45) is 0 Å². The van der Waals surface area contributed by atoms with Crippen LogP contribution in [-0.4, -0.2) is 16.1 Å². The van der Waals surface area contributed by atoms with Crippen molar-refractivity contribution < 1.29 is 14.3 Å². The minimum atomic E-state index is -0.829. The second kappa shape index (κ2) is 4.61. The Labute approximate surface area is 92.6 Å². The molecule has 82 valence electrons. The number of aryl methyl sites for hydroxylation is 1. The Hall–Kier alpha value is -2.10. The summed E-state index contributed by atoms with van der Waals surface area (Å²) in [6, 6.07) is 9.50. The van der Waals surface area contributed by atoms with Gasteiger partial charge in [-0.15, -0.1) is 0 Å². The third kappa shape index (κ3) is 2.48. The number of hydrogen-bond acceptors (Lipinski definition) is 3. The van der Waals surface area contributed by atoms with E-state index in [1.54, 1.807) is 0 Å². The third-order valence-corrected chi connectivity index (χ3v) is 2.17. The summed E-state index contributed by atoms with van der Waals surface area (Å²) >= 11 is 0. The molecule has 1 aromatic carbocycles. The summed E-state index contributed by atoms with van der Waals surface area (Å²) in [4.78, 5) is 14.6. The van der Waals surface area contributed by atoms with E-state index in [2.05, 4.69) is 4.98 Å². The average molecular weight is 217 g/mol. The maximum Gasteiger partial charge on any atom is 0.303 e. The highest BCUT2D eigenvalue weighted by Crippen LogP contribution is 2.18. The van der Waals surface area contributed by atoms with Gasteiger partial charge in [0.05, 0.1) is 12.1 Å². The Bertz CT molecular complexity index is 476. The zero-order valence-electron chi connectivity index (χ0n) is 8.59. The van der Waals surface area contributed by atoms with E-state index in [-0.39, 0.29) is 6.42 Å². The molecule has 16 heavy (non-hydrogen) atoms. The average Bonchev–Trinajstić information content (AvgIpc) is 2.76. The van der Waals surface area contributed by atoms with Crippen molar-refractivity contribution in [1.82, 2.24) is 4.98 Å². The highest BCUT2D eigenvalue weighted by molar-refractivity contribution is 5.67. The minimum absolute atomic E-state index is 0.0702. The van der Waals surface area contributed by atoms with Gasteiger partial charge in [-0.2, -0.15) is 0 Å². The van der Waals surface area contributed by atoms with Gasteiger partial charge in [-0.25, -0.2) is 4.98 Å². The Morgan fingerprint density at radius 1 is 1.31 bits per heavy atom. The van der Waals surface area contributed by atoms with Gasteiger partial charge in [0, 0.05) is 12.0 Å². The lowest BCUT2D eigenvalue weighted by atomic mass is 10.2. The summed E-state index contributed by atoms with van der Waals surface area (Å²) in [6.07, 6.45) is 1.97. The minimum Gasteiger partial charge on any atom is -0.481 e. The molecule has 0 bridgehead atoms. The van der Waals surface area contributed by atoms with Crippen molar-refractivity contribution in [2.45, 2.75) is 12.8 Å². The molecule has 1 heterocycles. The molecule has 0 atom stereocenters. The number of carboxylic acid groups (broad SMARTS) is 1. The normalized spacial score (nSPS) is 10.2. The van der Waals surface area contributed by atoms with Crippen molar-refractivity contribution in [3.63, 3.8) is 0 Å². The van der Waals surface area contributed by atoms with E-state index < -0.39 is 5.97 Å². The molecule has 0 aliphatic heterocycles. The number of hydrogen-bond donors (Lipinski definition) is 1. The number of nitrogens with zero attached hydrogens (tertiary/aromatic N) is 1. The first-order valence-corrected chi connectivity index (χ1v) is 4.97. The van der Waals surface area contributed by atoms with Gasteiger partial charge in [0.1, 0.15) is 6.26 Å². The van der Waals surface area contributed by atoms with Gasteiger partial charge in [0.2, 0.25) is 5.89 Å². The number of oxazole rings is 1. The van der Waals surface area contributed by atoms with Gasteiger partial charge in [-0.05, 0) is 12.1 Å². The molecule has 4 nitrogen and oxygen atoms in total. The molecule has 0 saturated heterocycles. The molecule has 0 unspecified atom stereocenters. The summed E-state index contributed by atoms with van der Waals surface area (Å²) in [7, 11) is 0. The molecule has 1 aromatic heterocycles. The summed E-state index contributed by atoms with van der Waals surface area (Å²) in [5.74, 6) is -0.301. The molecule has 2 rings (SSSR count). The maximum atomic E-state index is 10.4. The van der Waals surface area contributed by atoms with Gasteiger partial charge in [0.15, 0.2) is 0 Å². The molecule has 0 spiro atoms. The van der Waals surface area contributed by atoms with Crippen LogP contribution in [0.25, 0.3) is 11.5 Å². The molecule has 0 radical (unpaired) electrons. The van der Waals surface area contributed by atoms with Crippen molar-refractivity contribution in [1.29, 1.82) is 0 Å². The molecule has 0 aliphatic rings. The van der Waals surface area contributed by atoms with Crippen LogP contribution in [0.2, 0.25) is 0 Å². The molecule has 0 amide bonds. The van der Waals surface area contributed by atoms with Crippen LogP contribution in [0, 0.1) is 0 Å². The predicted octanol–water partition coefficient (Wildman–Crippen LogP) is 2.36. The van der Waals surface area contributed by atoms with Crippen LogP contribution >= 0.6 is 0 Å². The molecule has 4 heteroatoms. The summed E-state index contributed by atoms with van der Waals surface area (Å²) < 4.78 is 5.28. The lowest BCUT2D eigenvalue weighted by Crippen LogP contribution is -1.97. The van der Waals surface area contributed by atoms with Crippen LogP contribution in [-0.2, 0) is 11.2 Å². The van der Waals surface area contributed by atoms with E-state index in [1.165, 1.54) is 6.26 Å². The topological polar surface area (TPSA) is 63.3 Å². The first kappa shape index (κ1) is 10.4.